The molecule has 0 spiro atoms. The molecule has 15 nitrogen and oxygen atoms in total. The Labute approximate surface area is 461 Å². The molecule has 9 rings (SSSR count). The van der Waals surface area contributed by atoms with Crippen LogP contribution in [0.3, 0.4) is 0 Å². The molecule has 77 heavy (non-hydrogen) atoms. The summed E-state index contributed by atoms with van der Waals surface area (Å²) in [4.78, 5) is 8.09. The summed E-state index contributed by atoms with van der Waals surface area (Å²) in [6, 6.07) is 0. The minimum absolute atomic E-state index is 0.0137. The van der Waals surface area contributed by atoms with Gasteiger partial charge < -0.3 is 22.1 Å². The van der Waals surface area contributed by atoms with Crippen molar-refractivity contribution in [1.82, 2.24) is 50.8 Å². The Morgan fingerprint density at radius 2 is 0.844 bits per heavy atom. The van der Waals surface area contributed by atoms with Crippen LogP contribution in [0.25, 0.3) is 0 Å². The Hall–Kier alpha value is -4.81. The topological polar surface area (TPSA) is 195 Å². The van der Waals surface area contributed by atoms with Crippen LogP contribution in [0.1, 0.15) is 301 Å². The minimum Gasteiger partial charge on any atom is -0.445 e. The van der Waals surface area contributed by atoms with E-state index >= 15 is 0 Å². The first kappa shape index (κ1) is 64.7. The van der Waals surface area contributed by atoms with Gasteiger partial charge in [-0.1, -0.05) is 165 Å². The first-order valence-electron chi connectivity index (χ1n) is 27.4. The Morgan fingerprint density at radius 3 is 1.10 bits per heavy atom. The van der Waals surface area contributed by atoms with Crippen LogP contribution < -0.4 is 0 Å². The maximum atomic E-state index is 12.5. The molecule has 0 saturated heterocycles. The van der Waals surface area contributed by atoms with Crippen molar-refractivity contribution in [2.24, 2.45) is 0 Å². The first-order valence-corrected chi connectivity index (χ1v) is 28.2. The second-order valence-corrected chi connectivity index (χ2v) is 28.8. The molecular formula is C58H93F3N10O5S. The third-order valence-corrected chi connectivity index (χ3v) is 13.8. The zero-order chi connectivity index (χ0) is 58.5. The smallest absolute Gasteiger partial charge is 0.445 e. The number of hydrogen-bond acceptors (Lipinski definition) is 16. The summed E-state index contributed by atoms with van der Waals surface area (Å²) in [6.07, 6.45) is 6.57. The van der Waals surface area contributed by atoms with Gasteiger partial charge in [0.2, 0.25) is 41.1 Å². The van der Waals surface area contributed by atoms with E-state index < -0.39 is 17.4 Å². The zero-order valence-corrected chi connectivity index (χ0v) is 52.0. The van der Waals surface area contributed by atoms with Crippen LogP contribution in [0.5, 0.6) is 0 Å². The van der Waals surface area contributed by atoms with Crippen molar-refractivity contribution < 1.29 is 35.3 Å². The van der Waals surface area contributed by atoms with Crippen molar-refractivity contribution in [1.29, 1.82) is 0 Å². The second kappa shape index (κ2) is 24.7. The van der Waals surface area contributed by atoms with Crippen LogP contribution in [0.4, 0.5) is 13.2 Å². The summed E-state index contributed by atoms with van der Waals surface area (Å²) in [5, 5.41) is 35.3. The summed E-state index contributed by atoms with van der Waals surface area (Å²) in [7, 11) is 0. The fourth-order valence-electron chi connectivity index (χ4n) is 7.00. The largest absolute Gasteiger partial charge is 0.451 e. The molecule has 432 valence electrons. The standard InChI is InChI=1S/C10H16N2O.C10H18N2O.C10H16N2S.C10H17NO.C9H12F3NO.C9H14N2O/c1-10(2,3)9-12-11-8(13-9)7-5-4-6-7;1-9(2,3)7-11-12-8(13-7)10(4,5)6;1-10(2,3)9-12-11-8(13-9)7-5-4-6-7;1-6-8-11-7(2)9(12-8)10(3,4)5;1-5-13-6(8(2,3)4)7(14-5)9(10,11)12;1-9(2,3)8-11-10-7(12-8)6-4-5-6/h7H,4-6H2,1-3H3;1-6H3;7H,4-6H2,1-3H3;6H2,1-5H3;1-4H3;6H,4-5H2,1-3H3. The molecule has 0 atom stereocenters. The fraction of sp³-hybridized carbons (Fsp3) is 0.759. The van der Waals surface area contributed by atoms with Gasteiger partial charge in [-0.05, 0) is 45.4 Å². The van der Waals surface area contributed by atoms with Gasteiger partial charge in [-0.3, -0.25) is 0 Å². The van der Waals surface area contributed by atoms with Gasteiger partial charge in [0.1, 0.15) is 15.8 Å². The Kier molecular flexibility index (Phi) is 20.7. The molecule has 3 aliphatic carbocycles. The zero-order valence-electron chi connectivity index (χ0n) is 51.2. The lowest BCUT2D eigenvalue weighted by molar-refractivity contribution is -0.154. The maximum absolute atomic E-state index is 12.5. The third kappa shape index (κ3) is 19.5. The Bertz CT molecular complexity index is 2610. The lowest BCUT2D eigenvalue weighted by atomic mass is 9.85. The van der Waals surface area contributed by atoms with E-state index in [-0.39, 0.29) is 44.1 Å². The number of alkyl halides is 3. The molecule has 0 aliphatic heterocycles. The van der Waals surface area contributed by atoms with E-state index in [4.69, 9.17) is 17.7 Å². The molecule has 3 aliphatic rings. The molecule has 0 N–H and O–H groups in total. The normalized spacial score (nSPS) is 15.7. The number of oxazole rings is 2. The lowest BCUT2D eigenvalue weighted by Gasteiger charge is -2.22. The summed E-state index contributed by atoms with van der Waals surface area (Å²) < 4.78 is 64.3. The molecule has 3 saturated carbocycles. The van der Waals surface area contributed by atoms with Crippen LogP contribution in [-0.2, 0) is 50.5 Å². The molecule has 6 aromatic heterocycles. The molecule has 0 radical (unpaired) electrons. The molecule has 6 heterocycles. The highest BCUT2D eigenvalue weighted by Crippen LogP contribution is 2.42. The van der Waals surface area contributed by atoms with Crippen molar-refractivity contribution in [3.8, 4) is 0 Å². The Balaban J connectivity index is 0.000000200. The number of halogens is 3. The number of aromatic nitrogens is 10. The highest BCUT2D eigenvalue weighted by Gasteiger charge is 2.42. The van der Waals surface area contributed by atoms with Crippen LogP contribution in [0.2, 0.25) is 0 Å². The quantitative estimate of drug-likeness (QED) is 0.162. The van der Waals surface area contributed by atoms with Gasteiger partial charge in [0.25, 0.3) is 0 Å². The van der Waals surface area contributed by atoms with Gasteiger partial charge in [0.05, 0.1) is 11.4 Å². The molecule has 0 aromatic carbocycles. The molecule has 19 heteroatoms. The summed E-state index contributed by atoms with van der Waals surface area (Å²) >= 11 is 1.80. The number of nitrogens with zero attached hydrogens (tertiary/aromatic N) is 10. The number of aryl methyl sites for hydroxylation is 3. The summed E-state index contributed by atoms with van der Waals surface area (Å²) in [6.45, 7) is 48.3. The summed E-state index contributed by atoms with van der Waals surface area (Å²) in [5.41, 5.74) is 0.413. The first-order chi connectivity index (χ1) is 35.0. The van der Waals surface area contributed by atoms with Crippen molar-refractivity contribution in [2.75, 3.05) is 0 Å². The average Bonchev–Trinajstić information content (AvgIpc) is 3.95. The van der Waals surface area contributed by atoms with Crippen molar-refractivity contribution in [3.63, 3.8) is 0 Å². The molecule has 0 bridgehead atoms. The van der Waals surface area contributed by atoms with E-state index in [1.807, 2.05) is 6.92 Å². The molecule has 3 fully saturated rings. The van der Waals surface area contributed by atoms with Gasteiger partial charge in [0.15, 0.2) is 11.8 Å². The van der Waals surface area contributed by atoms with E-state index in [0.717, 1.165) is 53.2 Å². The summed E-state index contributed by atoms with van der Waals surface area (Å²) in [5.74, 6) is 7.36. The van der Waals surface area contributed by atoms with Gasteiger partial charge >= 0.3 is 6.18 Å². The highest BCUT2D eigenvalue weighted by atomic mass is 32.1. The van der Waals surface area contributed by atoms with Gasteiger partial charge in [-0.25, -0.2) is 9.97 Å². The minimum atomic E-state index is -4.47. The molecule has 6 aromatic rings. The monoisotopic (exact) mass is 1100 g/mol. The van der Waals surface area contributed by atoms with Crippen LogP contribution in [0, 0.1) is 13.8 Å². The molecule has 0 unspecified atom stereocenters. The van der Waals surface area contributed by atoms with Crippen molar-refractivity contribution in [3.05, 3.63) is 80.0 Å². The second-order valence-electron chi connectivity index (χ2n) is 27.8. The SMILES string of the molecule is CC(C)(C)c1nnc(C(C)(C)C)o1.CC(C)(C)c1nnc(C2CC2)o1.CC(C)(C)c1nnc(C2CCC2)o1.CC(C)(C)c1nnc(C2CCC2)s1.CCc1nc(C)c(C(C)(C)C)o1.Cc1nc(C(C)(C)C)c(C(F)(F)F)o1. The molecule has 0 amide bonds. The van der Waals surface area contributed by atoms with E-state index in [9.17, 15) is 13.2 Å². The van der Waals surface area contributed by atoms with Crippen LogP contribution in [0.15, 0.2) is 22.1 Å². The van der Waals surface area contributed by atoms with Crippen LogP contribution >= 0.6 is 11.3 Å². The number of rotatable bonds is 4. The van der Waals surface area contributed by atoms with Gasteiger partial charge in [-0.2, -0.15) is 13.2 Å². The van der Waals surface area contributed by atoms with E-state index in [0.29, 0.717) is 23.6 Å². The Morgan fingerprint density at radius 1 is 0.429 bits per heavy atom. The highest BCUT2D eigenvalue weighted by molar-refractivity contribution is 7.11. The average molecular weight is 1100 g/mol. The van der Waals surface area contributed by atoms with E-state index in [2.05, 4.69) is 187 Å². The maximum Gasteiger partial charge on any atom is 0.451 e. The van der Waals surface area contributed by atoms with Gasteiger partial charge in [-0.15, -0.1) is 52.1 Å². The fourth-order valence-corrected chi connectivity index (χ4v) is 8.07. The predicted octanol–water partition coefficient (Wildman–Crippen LogP) is 16.8. The lowest BCUT2D eigenvalue weighted by Crippen LogP contribution is -2.18. The van der Waals surface area contributed by atoms with Crippen molar-refractivity contribution in [2.45, 2.75) is 286 Å². The van der Waals surface area contributed by atoms with Gasteiger partial charge in [0, 0.05) is 69.0 Å². The van der Waals surface area contributed by atoms with Crippen LogP contribution in [-0.4, -0.2) is 50.8 Å². The van der Waals surface area contributed by atoms with Crippen molar-refractivity contribution >= 4 is 11.3 Å². The number of hydrogen-bond donors (Lipinski definition) is 0. The van der Waals surface area contributed by atoms with E-state index in [1.54, 1.807) is 32.1 Å². The van der Waals surface area contributed by atoms with E-state index in [1.165, 1.54) is 68.3 Å². The third-order valence-electron chi connectivity index (χ3n) is 12.3. The predicted molar refractivity (Wildman–Crippen MR) is 296 cm³/mol. The molecular weight excluding hydrogens is 1010 g/mol.